The van der Waals surface area contributed by atoms with E-state index in [4.69, 9.17) is 4.74 Å². The van der Waals surface area contributed by atoms with Crippen LogP contribution in [0.5, 0.6) is 0 Å². The summed E-state index contributed by atoms with van der Waals surface area (Å²) < 4.78 is 5.06. The van der Waals surface area contributed by atoms with Crippen LogP contribution in [0.4, 0.5) is 4.79 Å². The predicted molar refractivity (Wildman–Crippen MR) is 67.7 cm³/mol. The first kappa shape index (κ1) is 14.1. The summed E-state index contributed by atoms with van der Waals surface area (Å²) >= 11 is 0. The first-order valence-corrected chi connectivity index (χ1v) is 5.72. The minimum Gasteiger partial charge on any atom is -0.444 e. The minimum absolute atomic E-state index is 0.316. The largest absolute Gasteiger partial charge is 0.444 e. The van der Waals surface area contributed by atoms with E-state index in [2.05, 4.69) is 16.4 Å². The fraction of sp³-hybridized carbons (Fsp3) is 0.462. The minimum atomic E-state index is -0.678. The molecular formula is C13H18N2O3. The molecule has 5 nitrogen and oxygen atoms in total. The molecule has 0 aromatic rings. The number of carbonyl (C=O) groups excluding carboxylic acids is 2. The van der Waals surface area contributed by atoms with E-state index in [1.165, 1.54) is 0 Å². The Bertz CT molecular complexity index is 438. The average Bonchev–Trinajstić information content (AvgIpc) is 2.66. The lowest BCUT2D eigenvalue weighted by atomic mass is 10.2. The lowest BCUT2D eigenvalue weighted by Crippen LogP contribution is -2.46. The molecule has 0 unspecified atom stereocenters. The average molecular weight is 250 g/mol. The van der Waals surface area contributed by atoms with Gasteiger partial charge in [0, 0.05) is 0 Å². The Kier molecular flexibility index (Phi) is 4.34. The molecule has 1 rings (SSSR count). The number of hydrogen-bond donors (Lipinski definition) is 2. The summed E-state index contributed by atoms with van der Waals surface area (Å²) in [5.41, 5.74) is 2.84. The van der Waals surface area contributed by atoms with E-state index in [1.807, 2.05) is 0 Å². The maximum atomic E-state index is 11.7. The van der Waals surface area contributed by atoms with Gasteiger partial charge in [-0.1, -0.05) is 11.8 Å². The molecule has 98 valence electrons. The molecule has 0 radical (unpaired) electrons. The van der Waals surface area contributed by atoms with E-state index >= 15 is 0 Å². The summed E-state index contributed by atoms with van der Waals surface area (Å²) in [6.45, 7) is 6.87. The first-order chi connectivity index (χ1) is 8.28. The molecule has 1 atom stereocenters. The van der Waals surface area contributed by atoms with Crippen LogP contribution in [0, 0.1) is 0 Å². The van der Waals surface area contributed by atoms with Gasteiger partial charge in [-0.15, -0.1) is 0 Å². The molecule has 1 aliphatic rings. The van der Waals surface area contributed by atoms with Crippen molar-refractivity contribution >= 4 is 12.0 Å². The van der Waals surface area contributed by atoms with Crippen molar-refractivity contribution in [1.82, 2.24) is 10.6 Å². The van der Waals surface area contributed by atoms with Crippen molar-refractivity contribution in [2.75, 3.05) is 0 Å². The van der Waals surface area contributed by atoms with Gasteiger partial charge in [-0.3, -0.25) is 4.79 Å². The fourth-order valence-corrected chi connectivity index (χ4v) is 1.20. The lowest BCUT2D eigenvalue weighted by molar-refractivity contribution is -0.122. The molecule has 2 N–H and O–H groups in total. The summed E-state index contributed by atoms with van der Waals surface area (Å²) in [4.78, 5) is 23.2. The van der Waals surface area contributed by atoms with E-state index in [-0.39, 0.29) is 5.91 Å². The summed E-state index contributed by atoms with van der Waals surface area (Å²) in [7, 11) is 0. The number of hydrogen-bond acceptors (Lipinski definition) is 3. The number of alkyl carbamates (subject to hydrolysis) is 1. The molecule has 0 bridgehead atoms. The van der Waals surface area contributed by atoms with Crippen LogP contribution in [-0.2, 0) is 9.53 Å². The summed E-state index contributed by atoms with van der Waals surface area (Å²) in [5, 5.41) is 5.09. The molecule has 2 amide bonds. The van der Waals surface area contributed by atoms with E-state index < -0.39 is 17.7 Å². The van der Waals surface area contributed by atoms with Gasteiger partial charge in [0.15, 0.2) is 0 Å². The van der Waals surface area contributed by atoms with E-state index in [0.717, 1.165) is 0 Å². The molecule has 0 fully saturated rings. The molecule has 0 aromatic heterocycles. The lowest BCUT2D eigenvalue weighted by Gasteiger charge is -2.21. The zero-order chi connectivity index (χ0) is 13.8. The summed E-state index contributed by atoms with van der Waals surface area (Å²) in [6, 6.07) is -0.678. The third kappa shape index (κ3) is 4.89. The van der Waals surface area contributed by atoms with Crippen molar-refractivity contribution in [1.29, 1.82) is 0 Å². The van der Waals surface area contributed by atoms with Gasteiger partial charge in [0.2, 0.25) is 5.91 Å². The van der Waals surface area contributed by atoms with Crippen molar-refractivity contribution in [3.8, 4) is 0 Å². The van der Waals surface area contributed by atoms with Crippen LogP contribution in [0.1, 0.15) is 27.7 Å². The highest BCUT2D eigenvalue weighted by Crippen LogP contribution is 2.06. The molecule has 1 aliphatic carbocycles. The van der Waals surface area contributed by atoms with Crippen LogP contribution >= 0.6 is 0 Å². The Hall–Kier alpha value is -2.00. The topological polar surface area (TPSA) is 67.4 Å². The second-order valence-electron chi connectivity index (χ2n) is 4.94. The molecular weight excluding hydrogens is 232 g/mol. The smallest absolute Gasteiger partial charge is 0.408 e. The number of rotatable bonds is 3. The van der Waals surface area contributed by atoms with E-state index in [9.17, 15) is 9.59 Å². The zero-order valence-electron chi connectivity index (χ0n) is 11.0. The van der Waals surface area contributed by atoms with Crippen molar-refractivity contribution in [2.24, 2.45) is 0 Å². The molecule has 0 saturated carbocycles. The zero-order valence-corrected chi connectivity index (χ0v) is 11.0. The maximum absolute atomic E-state index is 11.7. The van der Waals surface area contributed by atoms with Gasteiger partial charge in [0.05, 0.1) is 5.70 Å². The molecule has 5 heteroatoms. The second-order valence-corrected chi connectivity index (χ2v) is 4.94. The number of ether oxygens (including phenoxy) is 1. The summed E-state index contributed by atoms with van der Waals surface area (Å²) in [6.07, 6.45) is 4.57. The first-order valence-electron chi connectivity index (χ1n) is 5.72. The van der Waals surface area contributed by atoms with Gasteiger partial charge >= 0.3 is 6.09 Å². The second kappa shape index (κ2) is 5.56. The molecule has 0 saturated heterocycles. The van der Waals surface area contributed by atoms with Gasteiger partial charge in [0.25, 0.3) is 0 Å². The normalized spacial score (nSPS) is 15.0. The number of allylic oxidation sites excluding steroid dienone is 2. The fourth-order valence-electron chi connectivity index (χ4n) is 1.20. The monoisotopic (exact) mass is 250 g/mol. The third-order valence-corrected chi connectivity index (χ3v) is 1.98. The molecule has 0 aliphatic heterocycles. The van der Waals surface area contributed by atoms with Crippen LogP contribution in [0.15, 0.2) is 29.7 Å². The quantitative estimate of drug-likeness (QED) is 0.748. The number of amides is 2. The van der Waals surface area contributed by atoms with E-state index in [0.29, 0.717) is 5.70 Å². The van der Waals surface area contributed by atoms with Gasteiger partial charge in [-0.25, -0.2) is 4.79 Å². The number of nitrogens with one attached hydrogen (secondary N) is 2. The van der Waals surface area contributed by atoms with Crippen LogP contribution in [0.25, 0.3) is 0 Å². The molecule has 0 spiro atoms. The highest BCUT2D eigenvalue weighted by molar-refractivity contribution is 5.86. The van der Waals surface area contributed by atoms with Gasteiger partial charge in [-0.2, -0.15) is 0 Å². The Morgan fingerprint density at radius 1 is 1.39 bits per heavy atom. The molecule has 18 heavy (non-hydrogen) atoms. The SMILES string of the molecule is C[C@@H](NC(=O)OC(C)(C)C)C(=O)NC1=C=CC=C1. The van der Waals surface area contributed by atoms with E-state index in [1.54, 1.807) is 45.9 Å². The van der Waals surface area contributed by atoms with Crippen molar-refractivity contribution < 1.29 is 14.3 Å². The maximum Gasteiger partial charge on any atom is 0.408 e. The van der Waals surface area contributed by atoms with Gasteiger partial charge in [0.1, 0.15) is 11.6 Å². The van der Waals surface area contributed by atoms with Gasteiger partial charge < -0.3 is 15.4 Å². The molecule has 0 aromatic carbocycles. The van der Waals surface area contributed by atoms with Gasteiger partial charge in [-0.05, 0) is 39.8 Å². The van der Waals surface area contributed by atoms with Crippen LogP contribution in [0.3, 0.4) is 0 Å². The van der Waals surface area contributed by atoms with Crippen LogP contribution < -0.4 is 10.6 Å². The number of carbonyl (C=O) groups is 2. The van der Waals surface area contributed by atoms with Crippen LogP contribution in [0.2, 0.25) is 0 Å². The molecule has 0 heterocycles. The van der Waals surface area contributed by atoms with Crippen molar-refractivity contribution in [3.05, 3.63) is 29.7 Å². The third-order valence-electron chi connectivity index (χ3n) is 1.98. The Balaban J connectivity index is 2.42. The van der Waals surface area contributed by atoms with Crippen LogP contribution in [-0.4, -0.2) is 23.6 Å². The Morgan fingerprint density at radius 3 is 2.56 bits per heavy atom. The highest BCUT2D eigenvalue weighted by atomic mass is 16.6. The predicted octanol–water partition coefficient (Wildman–Crippen LogP) is 1.62. The summed E-state index contributed by atoms with van der Waals surface area (Å²) in [5.74, 6) is -0.316. The standard InChI is InChI=1S/C13H18N2O3/c1-9(14-12(17)18-13(2,3)4)11(16)15-10-7-5-6-8-10/h5-7,9H,1-4H3,(H,14,17)(H,15,16)/t9-/m1/s1. The Labute approximate surface area is 107 Å². The van der Waals surface area contributed by atoms with Crippen molar-refractivity contribution in [2.45, 2.75) is 39.3 Å². The van der Waals surface area contributed by atoms with Crippen molar-refractivity contribution in [3.63, 3.8) is 0 Å². The Morgan fingerprint density at radius 2 is 2.06 bits per heavy atom. The highest BCUT2D eigenvalue weighted by Gasteiger charge is 2.21.